The fourth-order valence-electron chi connectivity index (χ4n) is 5.06. The van der Waals surface area contributed by atoms with E-state index in [1.165, 1.54) is 11.1 Å². The molecule has 1 aliphatic rings. The van der Waals surface area contributed by atoms with E-state index in [-0.39, 0.29) is 5.91 Å². The summed E-state index contributed by atoms with van der Waals surface area (Å²) in [6.07, 6.45) is 4.64. The number of hydrogen-bond acceptors (Lipinski definition) is 6. The van der Waals surface area contributed by atoms with Gasteiger partial charge >= 0.3 is 0 Å². The van der Waals surface area contributed by atoms with Crippen LogP contribution in [0.15, 0.2) is 73.1 Å². The van der Waals surface area contributed by atoms with Crippen molar-refractivity contribution in [1.82, 2.24) is 20.2 Å². The third-order valence-corrected chi connectivity index (χ3v) is 8.05. The van der Waals surface area contributed by atoms with Gasteiger partial charge in [0, 0.05) is 55.8 Å². The summed E-state index contributed by atoms with van der Waals surface area (Å²) in [6, 6.07) is 19.3. The van der Waals surface area contributed by atoms with Gasteiger partial charge in [0.2, 0.25) is 0 Å². The summed E-state index contributed by atoms with van der Waals surface area (Å²) in [5.74, 6) is 0.807. The summed E-state index contributed by atoms with van der Waals surface area (Å²) in [5, 5.41) is 18.8. The van der Waals surface area contributed by atoms with Crippen molar-refractivity contribution in [3.05, 3.63) is 95.4 Å². The zero-order valence-electron chi connectivity index (χ0n) is 21.9. The molecule has 3 heterocycles. The number of nitrogens with one attached hydrogen (secondary N) is 2. The van der Waals surface area contributed by atoms with Crippen LogP contribution >= 0.6 is 11.9 Å². The summed E-state index contributed by atoms with van der Waals surface area (Å²) in [6.45, 7) is 3.98. The van der Waals surface area contributed by atoms with E-state index in [4.69, 9.17) is 0 Å². The Kier molecular flexibility index (Phi) is 8.32. The fourth-order valence-corrected chi connectivity index (χ4v) is 5.89. The zero-order valence-corrected chi connectivity index (χ0v) is 22.7. The molecule has 0 saturated carbocycles. The number of nitrogens with zero attached hydrogens (tertiary/aromatic N) is 3. The maximum atomic E-state index is 13.7. The van der Waals surface area contributed by atoms with Crippen molar-refractivity contribution >= 4 is 34.4 Å². The molecule has 7 nitrogen and oxygen atoms in total. The number of pyridine rings is 1. The Morgan fingerprint density at radius 1 is 1.16 bits per heavy atom. The molecule has 0 saturated heterocycles. The first kappa shape index (κ1) is 26.3. The van der Waals surface area contributed by atoms with Gasteiger partial charge < -0.3 is 24.6 Å². The summed E-state index contributed by atoms with van der Waals surface area (Å²) in [4.78, 5) is 18.0. The lowest BCUT2D eigenvalue weighted by molar-refractivity contribution is 0.0830. The highest BCUT2D eigenvalue weighted by Crippen LogP contribution is 2.37. The molecule has 0 aliphatic carbocycles. The molecule has 38 heavy (non-hydrogen) atoms. The number of anilines is 1. The molecule has 198 valence electrons. The van der Waals surface area contributed by atoms with Gasteiger partial charge in [-0.3, -0.25) is 9.78 Å². The van der Waals surface area contributed by atoms with Gasteiger partial charge in [-0.25, -0.2) is 0 Å². The fraction of sp³-hybridized carbons (Fsp3) is 0.333. The predicted molar refractivity (Wildman–Crippen MR) is 156 cm³/mol. The number of benzene rings is 2. The molecule has 2 atom stereocenters. The van der Waals surface area contributed by atoms with Gasteiger partial charge in [0.15, 0.2) is 0 Å². The zero-order chi connectivity index (χ0) is 26.5. The van der Waals surface area contributed by atoms with Crippen LogP contribution in [0.2, 0.25) is 0 Å². The van der Waals surface area contributed by atoms with Gasteiger partial charge in [-0.2, -0.15) is 0 Å². The second kappa shape index (κ2) is 12.0. The average molecular weight is 530 g/mol. The topological polar surface area (TPSA) is 82.4 Å². The first-order valence-electron chi connectivity index (χ1n) is 13.2. The number of aliphatic hydroxyl groups excluding tert-OH is 1. The number of aromatic nitrogens is 2. The van der Waals surface area contributed by atoms with Crippen molar-refractivity contribution in [3.8, 4) is 0 Å². The molecule has 0 spiro atoms. The summed E-state index contributed by atoms with van der Waals surface area (Å²) in [5.41, 5.74) is 6.06. The lowest BCUT2D eigenvalue weighted by Crippen LogP contribution is -2.48. The van der Waals surface area contributed by atoms with Crippen LogP contribution in [-0.2, 0) is 25.9 Å². The van der Waals surface area contributed by atoms with E-state index in [1.807, 2.05) is 60.7 Å². The highest BCUT2D eigenvalue weighted by molar-refractivity contribution is 8.00. The van der Waals surface area contributed by atoms with Gasteiger partial charge in [0.25, 0.3) is 5.91 Å². The van der Waals surface area contributed by atoms with E-state index in [0.29, 0.717) is 25.1 Å². The molecule has 5 rings (SSSR count). The molecule has 0 radical (unpaired) electrons. The normalized spacial score (nSPS) is 14.8. The highest BCUT2D eigenvalue weighted by atomic mass is 32.2. The van der Waals surface area contributed by atoms with Crippen molar-refractivity contribution < 1.29 is 9.90 Å². The van der Waals surface area contributed by atoms with Gasteiger partial charge in [-0.15, -0.1) is 0 Å². The number of amides is 1. The number of carbonyl (C=O) groups excluding carboxylic acids is 1. The molecule has 2 aromatic heterocycles. The smallest absolute Gasteiger partial charge is 0.251 e. The monoisotopic (exact) mass is 529 g/mol. The maximum Gasteiger partial charge on any atom is 0.251 e. The molecule has 3 N–H and O–H groups in total. The van der Waals surface area contributed by atoms with Crippen LogP contribution in [-0.4, -0.2) is 52.1 Å². The van der Waals surface area contributed by atoms with Crippen molar-refractivity contribution in [1.29, 1.82) is 0 Å². The number of hydrogen-bond donors (Lipinski definition) is 3. The molecule has 1 aliphatic heterocycles. The Balaban J connectivity index is 1.38. The summed E-state index contributed by atoms with van der Waals surface area (Å²) >= 11 is 1.76. The van der Waals surface area contributed by atoms with E-state index >= 15 is 0 Å². The van der Waals surface area contributed by atoms with Crippen LogP contribution in [0.5, 0.6) is 0 Å². The van der Waals surface area contributed by atoms with E-state index < -0.39 is 12.1 Å². The second-order valence-corrected chi connectivity index (χ2v) is 10.9. The Bertz CT molecular complexity index is 1380. The predicted octanol–water partition coefficient (Wildman–Crippen LogP) is 4.19. The van der Waals surface area contributed by atoms with Gasteiger partial charge in [0.05, 0.1) is 29.0 Å². The van der Waals surface area contributed by atoms with Crippen LogP contribution in [0.4, 0.5) is 5.69 Å². The minimum Gasteiger partial charge on any atom is -0.390 e. The molecule has 4 aromatic rings. The number of carbonyl (C=O) groups is 1. The van der Waals surface area contributed by atoms with Crippen molar-refractivity contribution in [2.45, 2.75) is 45.0 Å². The third kappa shape index (κ3) is 5.88. The van der Waals surface area contributed by atoms with Crippen molar-refractivity contribution in [2.75, 3.05) is 23.7 Å². The molecule has 2 aromatic carbocycles. The van der Waals surface area contributed by atoms with Crippen molar-refractivity contribution in [3.63, 3.8) is 0 Å². The lowest BCUT2D eigenvalue weighted by atomic mass is 9.99. The average Bonchev–Trinajstić information content (AvgIpc) is 3.22. The standard InChI is InChI=1S/C30H35N5O2S/c1-3-22-20-35-13-14-38-34(2)27-17-23(16-25(22)29(27)35)30(37)33-26(15-21-9-5-4-6-10-21)28(36)19-31-18-24-11-7-8-12-32-24/h4-12,16-17,20,26,28,31,36H,3,13-15,18-19H2,1-2H3,(H,33,37)/t26-,28+/m0/s1. The third-order valence-electron chi connectivity index (χ3n) is 7.10. The number of aryl methyl sites for hydroxylation is 2. The molecule has 0 unspecified atom stereocenters. The Morgan fingerprint density at radius 3 is 2.74 bits per heavy atom. The molecule has 0 fully saturated rings. The Labute approximate surface area is 228 Å². The van der Waals surface area contributed by atoms with Crippen LogP contribution in [0.3, 0.4) is 0 Å². The largest absolute Gasteiger partial charge is 0.390 e. The quantitative estimate of drug-likeness (QED) is 0.267. The number of aliphatic hydroxyl groups is 1. The summed E-state index contributed by atoms with van der Waals surface area (Å²) < 4.78 is 4.48. The SMILES string of the molecule is CCc1cn2c3c(cc(C(=O)N[C@@H](Cc4ccccc4)[C@H](O)CNCc4ccccn4)cc13)N(C)SCC2. The van der Waals surface area contributed by atoms with E-state index in [0.717, 1.165) is 41.0 Å². The molecular formula is C30H35N5O2S. The summed E-state index contributed by atoms with van der Waals surface area (Å²) in [7, 11) is 2.06. The Hall–Kier alpha value is -3.33. The first-order chi connectivity index (χ1) is 18.5. The Morgan fingerprint density at radius 2 is 1.97 bits per heavy atom. The van der Waals surface area contributed by atoms with E-state index in [2.05, 4.69) is 44.7 Å². The second-order valence-electron chi connectivity index (χ2n) is 9.71. The van der Waals surface area contributed by atoms with E-state index in [9.17, 15) is 9.90 Å². The van der Waals surface area contributed by atoms with Gasteiger partial charge in [-0.05, 0) is 60.2 Å². The van der Waals surface area contributed by atoms with Crippen LogP contribution < -0.4 is 14.9 Å². The maximum absolute atomic E-state index is 13.7. The van der Waals surface area contributed by atoms with E-state index in [1.54, 1.807) is 18.1 Å². The molecular weight excluding hydrogens is 494 g/mol. The van der Waals surface area contributed by atoms with Gasteiger partial charge in [-0.1, -0.05) is 43.3 Å². The lowest BCUT2D eigenvalue weighted by Gasteiger charge is -2.25. The van der Waals surface area contributed by atoms with Crippen molar-refractivity contribution in [2.24, 2.45) is 0 Å². The van der Waals surface area contributed by atoms with Crippen LogP contribution in [0, 0.1) is 0 Å². The van der Waals surface area contributed by atoms with Crippen LogP contribution in [0.25, 0.3) is 10.9 Å². The molecule has 1 amide bonds. The minimum absolute atomic E-state index is 0.176. The molecule has 0 bridgehead atoms. The highest BCUT2D eigenvalue weighted by Gasteiger charge is 2.25. The minimum atomic E-state index is -0.779. The first-order valence-corrected chi connectivity index (χ1v) is 14.1. The molecule has 8 heteroatoms. The van der Waals surface area contributed by atoms with Crippen LogP contribution in [0.1, 0.15) is 34.1 Å². The van der Waals surface area contributed by atoms with Gasteiger partial charge in [0.1, 0.15) is 0 Å². The number of rotatable bonds is 10.